The van der Waals surface area contributed by atoms with Crippen LogP contribution in [0.15, 0.2) is 6.20 Å². The molecule has 0 radical (unpaired) electrons. The Labute approximate surface area is 63.2 Å². The maximum absolute atomic E-state index is 9.99. The third kappa shape index (κ3) is 1.19. The molecule has 0 aliphatic rings. The molecule has 1 amide bonds. The summed E-state index contributed by atoms with van der Waals surface area (Å²) < 4.78 is 1.39. The highest BCUT2D eigenvalue weighted by Gasteiger charge is 2.04. The van der Waals surface area contributed by atoms with E-state index in [0.29, 0.717) is 17.8 Å². The average Bonchev–Trinajstić information content (AvgIpc) is 2.33. The highest BCUT2D eigenvalue weighted by Crippen LogP contribution is 2.10. The molecule has 0 atom stereocenters. The van der Waals surface area contributed by atoms with Gasteiger partial charge in [0.2, 0.25) is 6.41 Å². The van der Waals surface area contributed by atoms with Crippen LogP contribution < -0.4 is 5.32 Å². The van der Waals surface area contributed by atoms with Gasteiger partial charge in [0, 0.05) is 7.05 Å². The minimum atomic E-state index is 0.345. The molecule has 1 heterocycles. The van der Waals surface area contributed by atoms with Gasteiger partial charge in [-0.25, -0.2) is 0 Å². The summed E-state index contributed by atoms with van der Waals surface area (Å²) >= 11 is 0. The molecule has 0 saturated heterocycles. The summed E-state index contributed by atoms with van der Waals surface area (Å²) in [6.07, 6.45) is 1.94. The van der Waals surface area contributed by atoms with Crippen molar-refractivity contribution in [2.75, 3.05) is 5.32 Å². The van der Waals surface area contributed by atoms with Crippen LogP contribution in [-0.2, 0) is 11.8 Å². The summed E-state index contributed by atoms with van der Waals surface area (Å²) in [4.78, 5) is 9.99. The van der Waals surface area contributed by atoms with Crippen LogP contribution in [0.1, 0.15) is 5.69 Å². The molecular weight excluding hydrogens is 144 g/mol. The number of aryl methyl sites for hydroxylation is 1. The lowest BCUT2D eigenvalue weighted by Crippen LogP contribution is -1.98. The Morgan fingerprint density at radius 3 is 3.18 bits per heavy atom. The monoisotopic (exact) mass is 150 g/mol. The van der Waals surface area contributed by atoms with Crippen molar-refractivity contribution < 1.29 is 4.79 Å². The number of hydrogen-bond donors (Lipinski definition) is 1. The van der Waals surface area contributed by atoms with Crippen molar-refractivity contribution in [2.24, 2.45) is 7.05 Å². The van der Waals surface area contributed by atoms with Gasteiger partial charge >= 0.3 is 0 Å². The highest BCUT2D eigenvalue weighted by atomic mass is 16.1. The molecule has 5 nitrogen and oxygen atoms in total. The number of nitriles is 1. The molecule has 1 aromatic rings. The molecule has 0 aliphatic carbocycles. The molecule has 0 aliphatic heterocycles. The van der Waals surface area contributed by atoms with Crippen molar-refractivity contribution in [1.82, 2.24) is 9.78 Å². The molecule has 1 N–H and O–H groups in total. The van der Waals surface area contributed by atoms with Crippen LogP contribution >= 0.6 is 0 Å². The van der Waals surface area contributed by atoms with E-state index in [1.165, 1.54) is 10.9 Å². The summed E-state index contributed by atoms with van der Waals surface area (Å²) in [7, 11) is 1.63. The van der Waals surface area contributed by atoms with Gasteiger partial charge < -0.3 is 5.32 Å². The Hall–Kier alpha value is -1.83. The zero-order valence-corrected chi connectivity index (χ0v) is 5.90. The van der Waals surface area contributed by atoms with E-state index in [0.717, 1.165) is 0 Å². The van der Waals surface area contributed by atoms with Crippen LogP contribution in [0, 0.1) is 11.3 Å². The number of nitrogens with zero attached hydrogens (tertiary/aromatic N) is 3. The average molecular weight is 150 g/mol. The number of nitrogens with one attached hydrogen (secondary N) is 1. The van der Waals surface area contributed by atoms with Crippen LogP contribution in [0.25, 0.3) is 0 Å². The first-order chi connectivity index (χ1) is 5.29. The first kappa shape index (κ1) is 7.28. The van der Waals surface area contributed by atoms with E-state index >= 15 is 0 Å². The van der Waals surface area contributed by atoms with E-state index in [2.05, 4.69) is 10.4 Å². The Morgan fingerprint density at radius 1 is 1.91 bits per heavy atom. The van der Waals surface area contributed by atoms with E-state index in [9.17, 15) is 4.79 Å². The molecule has 0 spiro atoms. The second-order valence-electron chi connectivity index (χ2n) is 1.90. The SMILES string of the molecule is Cn1ncc(NC=O)c1C#N. The zero-order chi connectivity index (χ0) is 8.27. The molecular formula is C6H6N4O. The number of amides is 1. The number of hydrogen-bond acceptors (Lipinski definition) is 3. The van der Waals surface area contributed by atoms with Crippen LogP contribution in [0.3, 0.4) is 0 Å². The second kappa shape index (κ2) is 2.84. The van der Waals surface area contributed by atoms with Crippen LogP contribution in [0.5, 0.6) is 0 Å². The number of anilines is 1. The van der Waals surface area contributed by atoms with Gasteiger partial charge in [0.05, 0.1) is 11.9 Å². The molecule has 1 rings (SSSR count). The van der Waals surface area contributed by atoms with Crippen molar-refractivity contribution in [3.05, 3.63) is 11.9 Å². The summed E-state index contributed by atoms with van der Waals surface area (Å²) in [6.45, 7) is 0. The van der Waals surface area contributed by atoms with Crippen LogP contribution in [0.2, 0.25) is 0 Å². The fraction of sp³-hybridized carbons (Fsp3) is 0.167. The summed E-state index contributed by atoms with van der Waals surface area (Å²) in [5.41, 5.74) is 0.780. The quantitative estimate of drug-likeness (QED) is 0.596. The molecule has 0 bridgehead atoms. The van der Waals surface area contributed by atoms with Crippen molar-refractivity contribution in [3.8, 4) is 6.07 Å². The molecule has 0 unspecified atom stereocenters. The third-order valence-corrected chi connectivity index (χ3v) is 1.26. The van der Waals surface area contributed by atoms with Crippen molar-refractivity contribution in [3.63, 3.8) is 0 Å². The molecule has 0 fully saturated rings. The maximum Gasteiger partial charge on any atom is 0.211 e. The van der Waals surface area contributed by atoms with Gasteiger partial charge in [0.25, 0.3) is 0 Å². The fourth-order valence-electron chi connectivity index (χ4n) is 0.739. The number of carbonyl (C=O) groups is 1. The van der Waals surface area contributed by atoms with Gasteiger partial charge in [-0.15, -0.1) is 0 Å². The van der Waals surface area contributed by atoms with Crippen molar-refractivity contribution >= 4 is 12.1 Å². The van der Waals surface area contributed by atoms with E-state index < -0.39 is 0 Å². The Kier molecular flexibility index (Phi) is 1.88. The van der Waals surface area contributed by atoms with E-state index in [1.54, 1.807) is 7.05 Å². The van der Waals surface area contributed by atoms with Gasteiger partial charge in [-0.2, -0.15) is 10.4 Å². The standard InChI is InChI=1S/C6H6N4O/c1-10-6(2-7)5(3-9-10)8-4-11/h3-4H,1H3,(H,8,11). The molecule has 0 saturated carbocycles. The summed E-state index contributed by atoms with van der Waals surface area (Å²) in [5, 5.41) is 14.7. The Balaban J connectivity index is 3.07. The van der Waals surface area contributed by atoms with E-state index in [-0.39, 0.29) is 0 Å². The van der Waals surface area contributed by atoms with Gasteiger partial charge in [-0.05, 0) is 0 Å². The second-order valence-corrected chi connectivity index (χ2v) is 1.90. The smallest absolute Gasteiger partial charge is 0.211 e. The molecule has 0 aromatic carbocycles. The van der Waals surface area contributed by atoms with Gasteiger partial charge in [0.15, 0.2) is 5.69 Å². The lowest BCUT2D eigenvalue weighted by molar-refractivity contribution is -0.105. The van der Waals surface area contributed by atoms with Gasteiger partial charge in [-0.3, -0.25) is 9.48 Å². The minimum absolute atomic E-state index is 0.345. The van der Waals surface area contributed by atoms with E-state index in [1.807, 2.05) is 6.07 Å². The highest BCUT2D eigenvalue weighted by molar-refractivity contribution is 5.73. The molecule has 56 valence electrons. The van der Waals surface area contributed by atoms with E-state index in [4.69, 9.17) is 5.26 Å². The Bertz CT molecular complexity index is 309. The largest absolute Gasteiger partial charge is 0.325 e. The predicted octanol–water partition coefficient (Wildman–Crippen LogP) is -0.140. The van der Waals surface area contributed by atoms with Gasteiger partial charge in [0.1, 0.15) is 6.07 Å². The topological polar surface area (TPSA) is 70.7 Å². The first-order valence-corrected chi connectivity index (χ1v) is 2.92. The lowest BCUT2D eigenvalue weighted by Gasteiger charge is -1.92. The van der Waals surface area contributed by atoms with Crippen LogP contribution in [0.4, 0.5) is 5.69 Å². The lowest BCUT2D eigenvalue weighted by atomic mass is 10.4. The zero-order valence-electron chi connectivity index (χ0n) is 5.90. The van der Waals surface area contributed by atoms with Crippen LogP contribution in [-0.4, -0.2) is 16.2 Å². The molecule has 1 aromatic heterocycles. The number of rotatable bonds is 2. The third-order valence-electron chi connectivity index (χ3n) is 1.26. The van der Waals surface area contributed by atoms with Crippen molar-refractivity contribution in [2.45, 2.75) is 0 Å². The van der Waals surface area contributed by atoms with Crippen molar-refractivity contribution in [1.29, 1.82) is 5.26 Å². The Morgan fingerprint density at radius 2 is 2.64 bits per heavy atom. The normalized spacial score (nSPS) is 8.73. The summed E-state index contributed by atoms with van der Waals surface area (Å²) in [6, 6.07) is 1.91. The number of carbonyl (C=O) groups excluding carboxylic acids is 1. The first-order valence-electron chi connectivity index (χ1n) is 2.92. The fourth-order valence-corrected chi connectivity index (χ4v) is 0.739. The van der Waals surface area contributed by atoms with Gasteiger partial charge in [-0.1, -0.05) is 0 Å². The number of aromatic nitrogens is 2. The molecule has 5 heteroatoms. The summed E-state index contributed by atoms with van der Waals surface area (Å²) in [5.74, 6) is 0. The maximum atomic E-state index is 9.99. The molecule has 11 heavy (non-hydrogen) atoms. The minimum Gasteiger partial charge on any atom is -0.325 e. The predicted molar refractivity (Wildman–Crippen MR) is 37.6 cm³/mol.